The summed E-state index contributed by atoms with van der Waals surface area (Å²) in [7, 11) is 3.82. The molecule has 2 unspecified atom stereocenters. The largest absolute Gasteiger partial charge is 0.478 e. The van der Waals surface area contributed by atoms with E-state index in [-0.39, 0.29) is 29.8 Å². The van der Waals surface area contributed by atoms with Crippen molar-refractivity contribution in [1.82, 2.24) is 14.8 Å². The maximum absolute atomic E-state index is 12.5. The first-order chi connectivity index (χ1) is 9.88. The van der Waals surface area contributed by atoms with Gasteiger partial charge in [0.05, 0.1) is 11.7 Å². The molecule has 0 spiro atoms. The van der Waals surface area contributed by atoms with Crippen molar-refractivity contribution in [3.63, 3.8) is 0 Å². The molecule has 21 heavy (non-hydrogen) atoms. The van der Waals surface area contributed by atoms with E-state index >= 15 is 0 Å². The van der Waals surface area contributed by atoms with Gasteiger partial charge in [-0.3, -0.25) is 9.78 Å². The van der Waals surface area contributed by atoms with Crippen molar-refractivity contribution < 1.29 is 19.8 Å². The summed E-state index contributed by atoms with van der Waals surface area (Å²) < 4.78 is 0. The van der Waals surface area contributed by atoms with Crippen LogP contribution in [0.1, 0.15) is 27.3 Å². The maximum atomic E-state index is 12.5. The second kappa shape index (κ2) is 6.19. The van der Waals surface area contributed by atoms with Gasteiger partial charge in [-0.15, -0.1) is 0 Å². The first-order valence-corrected chi connectivity index (χ1v) is 6.71. The molecule has 7 heteroatoms. The number of aliphatic hydroxyl groups excluding tert-OH is 1. The lowest BCUT2D eigenvalue weighted by atomic mass is 10.2. The highest BCUT2D eigenvalue weighted by atomic mass is 16.4. The summed E-state index contributed by atoms with van der Waals surface area (Å²) >= 11 is 0. The number of carbonyl (C=O) groups is 2. The minimum Gasteiger partial charge on any atom is -0.478 e. The van der Waals surface area contributed by atoms with Gasteiger partial charge in [0.1, 0.15) is 5.69 Å². The second-order valence-corrected chi connectivity index (χ2v) is 5.50. The summed E-state index contributed by atoms with van der Waals surface area (Å²) in [6, 6.07) is 2.70. The number of β-amino-alcohol motifs (C(OH)–C–C–N with tert-alkyl or cyclic N) is 1. The zero-order chi connectivity index (χ0) is 15.6. The molecule has 1 fully saturated rings. The number of likely N-dealkylation sites (tertiary alicyclic amines) is 1. The van der Waals surface area contributed by atoms with Gasteiger partial charge in [0, 0.05) is 25.3 Å². The van der Waals surface area contributed by atoms with E-state index in [1.54, 1.807) is 4.90 Å². The van der Waals surface area contributed by atoms with Crippen molar-refractivity contribution in [3.05, 3.63) is 29.6 Å². The number of nitrogens with zero attached hydrogens (tertiary/aromatic N) is 3. The van der Waals surface area contributed by atoms with Gasteiger partial charge in [0.15, 0.2) is 0 Å². The van der Waals surface area contributed by atoms with Crippen molar-refractivity contribution in [3.8, 4) is 0 Å². The highest BCUT2D eigenvalue weighted by Crippen LogP contribution is 2.20. The quantitative estimate of drug-likeness (QED) is 0.806. The van der Waals surface area contributed by atoms with Crippen LogP contribution in [0.4, 0.5) is 0 Å². The predicted octanol–water partition coefficient (Wildman–Crippen LogP) is -0.0832. The highest BCUT2D eigenvalue weighted by Gasteiger charge is 2.35. The summed E-state index contributed by atoms with van der Waals surface area (Å²) in [5, 5.41) is 18.6. The summed E-state index contributed by atoms with van der Waals surface area (Å²) in [5.74, 6) is -1.36. The number of hydrogen-bond donors (Lipinski definition) is 2. The van der Waals surface area contributed by atoms with E-state index < -0.39 is 12.1 Å². The normalized spacial score (nSPS) is 21.8. The van der Waals surface area contributed by atoms with Crippen LogP contribution in [0.3, 0.4) is 0 Å². The first-order valence-electron chi connectivity index (χ1n) is 6.71. The Morgan fingerprint density at radius 1 is 1.43 bits per heavy atom. The van der Waals surface area contributed by atoms with E-state index in [4.69, 9.17) is 5.11 Å². The van der Waals surface area contributed by atoms with Crippen LogP contribution in [-0.4, -0.2) is 76.2 Å². The van der Waals surface area contributed by atoms with Crippen molar-refractivity contribution in [2.24, 2.45) is 0 Å². The van der Waals surface area contributed by atoms with Crippen molar-refractivity contribution in [1.29, 1.82) is 0 Å². The van der Waals surface area contributed by atoms with Crippen LogP contribution in [0.15, 0.2) is 18.3 Å². The van der Waals surface area contributed by atoms with E-state index in [1.807, 2.05) is 19.0 Å². The summed E-state index contributed by atoms with van der Waals surface area (Å²) in [5.41, 5.74) is 0.232. The molecule has 1 amide bonds. The molecular formula is C14H19N3O4. The number of rotatable bonds is 4. The van der Waals surface area contributed by atoms with Crippen molar-refractivity contribution in [2.75, 3.05) is 27.2 Å². The summed E-state index contributed by atoms with van der Waals surface area (Å²) in [6.45, 7) is 0.940. The lowest BCUT2D eigenvalue weighted by molar-refractivity contribution is 0.0680. The van der Waals surface area contributed by atoms with E-state index in [9.17, 15) is 14.7 Å². The number of carboxylic acids is 1. The molecule has 1 aromatic heterocycles. The molecule has 0 radical (unpaired) electrons. The Morgan fingerprint density at radius 3 is 2.67 bits per heavy atom. The number of carboxylic acid groups (broad SMARTS) is 1. The van der Waals surface area contributed by atoms with Gasteiger partial charge >= 0.3 is 5.97 Å². The number of aromatic carboxylic acids is 1. The number of aliphatic hydroxyl groups is 1. The number of likely N-dealkylation sites (N-methyl/N-ethyl adjacent to an activating group) is 1. The van der Waals surface area contributed by atoms with Crippen LogP contribution in [0.5, 0.6) is 0 Å². The molecule has 1 aliphatic rings. The SMILES string of the molecule is CN(C)CC1CC(O)CN1C(=O)c1ccc(C(=O)O)cn1. The average Bonchev–Trinajstić information content (AvgIpc) is 2.78. The fourth-order valence-corrected chi connectivity index (χ4v) is 2.53. The molecular weight excluding hydrogens is 274 g/mol. The molecule has 2 N–H and O–H groups in total. The molecule has 1 aromatic rings. The molecule has 0 aromatic carbocycles. The van der Waals surface area contributed by atoms with Crippen molar-refractivity contribution >= 4 is 11.9 Å². The number of pyridine rings is 1. The Labute approximate surface area is 122 Å². The molecule has 2 atom stereocenters. The lowest BCUT2D eigenvalue weighted by Crippen LogP contribution is -2.41. The van der Waals surface area contributed by atoms with Gasteiger partial charge in [-0.2, -0.15) is 0 Å². The number of hydrogen-bond acceptors (Lipinski definition) is 5. The second-order valence-electron chi connectivity index (χ2n) is 5.50. The van der Waals surface area contributed by atoms with E-state index in [1.165, 1.54) is 18.3 Å². The topological polar surface area (TPSA) is 94.0 Å². The highest BCUT2D eigenvalue weighted by molar-refractivity contribution is 5.94. The Balaban J connectivity index is 2.15. The number of amides is 1. The Kier molecular flexibility index (Phi) is 4.54. The van der Waals surface area contributed by atoms with E-state index in [2.05, 4.69) is 4.98 Å². The molecule has 0 bridgehead atoms. The standard InChI is InChI=1S/C14H19N3O4/c1-16(2)7-10-5-11(18)8-17(10)13(19)12-4-3-9(6-15-12)14(20)21/h3-4,6,10-11,18H,5,7-8H2,1-2H3,(H,20,21). The molecule has 0 saturated carbocycles. The van der Waals surface area contributed by atoms with Crippen molar-refractivity contribution in [2.45, 2.75) is 18.6 Å². The molecule has 0 aliphatic carbocycles. The summed E-state index contributed by atoms with van der Waals surface area (Å²) in [6.07, 6.45) is 1.18. The smallest absolute Gasteiger partial charge is 0.337 e. The Hall–Kier alpha value is -1.99. The van der Waals surface area contributed by atoms with E-state index in [0.717, 1.165) is 0 Å². The molecule has 114 valence electrons. The fraction of sp³-hybridized carbons (Fsp3) is 0.500. The van der Waals surface area contributed by atoms with Crippen LogP contribution in [0.2, 0.25) is 0 Å². The molecule has 2 heterocycles. The average molecular weight is 293 g/mol. The molecule has 7 nitrogen and oxygen atoms in total. The third-order valence-corrected chi connectivity index (χ3v) is 3.46. The monoisotopic (exact) mass is 293 g/mol. The Bertz CT molecular complexity index is 530. The van der Waals surface area contributed by atoms with Crippen LogP contribution in [0, 0.1) is 0 Å². The lowest BCUT2D eigenvalue weighted by Gasteiger charge is -2.26. The minimum atomic E-state index is -1.08. The zero-order valence-corrected chi connectivity index (χ0v) is 12.1. The number of aromatic nitrogens is 1. The molecule has 1 saturated heterocycles. The first kappa shape index (κ1) is 15.4. The predicted molar refractivity (Wildman–Crippen MR) is 75.2 cm³/mol. The molecule has 1 aliphatic heterocycles. The van der Waals surface area contributed by atoms with Crippen LogP contribution in [-0.2, 0) is 0 Å². The third-order valence-electron chi connectivity index (χ3n) is 3.46. The number of carbonyl (C=O) groups excluding carboxylic acids is 1. The molecule has 2 rings (SSSR count). The third kappa shape index (κ3) is 3.56. The van der Waals surface area contributed by atoms with Gasteiger partial charge in [-0.1, -0.05) is 0 Å². The Morgan fingerprint density at radius 2 is 2.14 bits per heavy atom. The van der Waals surface area contributed by atoms with E-state index in [0.29, 0.717) is 13.0 Å². The van der Waals surface area contributed by atoms with Gasteiger partial charge < -0.3 is 20.0 Å². The van der Waals surface area contributed by atoms with Crippen LogP contribution >= 0.6 is 0 Å². The van der Waals surface area contributed by atoms with Gasteiger partial charge in [-0.05, 0) is 32.6 Å². The zero-order valence-electron chi connectivity index (χ0n) is 12.1. The van der Waals surface area contributed by atoms with Gasteiger partial charge in [0.25, 0.3) is 5.91 Å². The van der Waals surface area contributed by atoms with Gasteiger partial charge in [-0.25, -0.2) is 4.79 Å². The summed E-state index contributed by atoms with van der Waals surface area (Å²) in [4.78, 5) is 30.7. The fourth-order valence-electron chi connectivity index (χ4n) is 2.53. The van der Waals surface area contributed by atoms with Crippen LogP contribution in [0.25, 0.3) is 0 Å². The maximum Gasteiger partial charge on any atom is 0.337 e. The van der Waals surface area contributed by atoms with Crippen LogP contribution < -0.4 is 0 Å². The minimum absolute atomic E-state index is 0.0397. The van der Waals surface area contributed by atoms with Gasteiger partial charge in [0.2, 0.25) is 0 Å².